The highest BCUT2D eigenvalue weighted by atomic mass is 16.6. The fourth-order valence-corrected chi connectivity index (χ4v) is 0.706. The van der Waals surface area contributed by atoms with E-state index in [0.29, 0.717) is 0 Å². The predicted molar refractivity (Wildman–Crippen MR) is 48.8 cm³/mol. The number of nitrogens with two attached hydrogens (primary N) is 1. The monoisotopic (exact) mass is 186 g/mol. The first-order valence-corrected chi connectivity index (χ1v) is 4.05. The zero-order chi connectivity index (χ0) is 10.6. The van der Waals surface area contributed by atoms with Crippen molar-refractivity contribution in [1.82, 2.24) is 0 Å². The van der Waals surface area contributed by atoms with Crippen LogP contribution < -0.4 is 5.73 Å². The molecule has 0 aromatic carbocycles. The van der Waals surface area contributed by atoms with Gasteiger partial charge < -0.3 is 10.5 Å². The van der Waals surface area contributed by atoms with E-state index in [1.165, 1.54) is 0 Å². The molecule has 13 heavy (non-hydrogen) atoms. The third-order valence-corrected chi connectivity index (χ3v) is 1.16. The number of hydrogen-bond acceptors (Lipinski definition) is 4. The van der Waals surface area contributed by atoms with Gasteiger partial charge in [0.2, 0.25) is 0 Å². The average molecular weight is 186 g/mol. The van der Waals surface area contributed by atoms with Gasteiger partial charge in [0.1, 0.15) is 17.4 Å². The number of ether oxygens (including phenoxy) is 1. The van der Waals surface area contributed by atoms with Gasteiger partial charge in [-0.15, -0.1) is 0 Å². The molecule has 75 valence electrons. The molecule has 1 unspecified atom stereocenters. The van der Waals surface area contributed by atoms with E-state index < -0.39 is 17.6 Å². The van der Waals surface area contributed by atoms with Crippen molar-refractivity contribution in [2.75, 3.05) is 0 Å². The number of ketones is 1. The molecule has 4 heteroatoms. The van der Waals surface area contributed by atoms with Gasteiger partial charge in [-0.05, 0) is 20.8 Å². The largest absolute Gasteiger partial charge is 0.459 e. The maximum absolute atomic E-state index is 11.2. The van der Waals surface area contributed by atoms with E-state index in [0.717, 1.165) is 0 Å². The second-order valence-corrected chi connectivity index (χ2v) is 3.88. The molecule has 0 saturated heterocycles. The lowest BCUT2D eigenvalue weighted by Crippen LogP contribution is -2.38. The summed E-state index contributed by atoms with van der Waals surface area (Å²) in [5.74, 6) is -0.928. The second kappa shape index (κ2) is 4.37. The Bertz CT molecular complexity index is 205. The maximum Gasteiger partial charge on any atom is 0.323 e. The highest BCUT2D eigenvalue weighted by Gasteiger charge is 2.22. The third-order valence-electron chi connectivity index (χ3n) is 1.16. The fraction of sp³-hybridized carbons (Fsp3) is 0.667. The minimum Gasteiger partial charge on any atom is -0.459 e. The predicted octanol–water partition coefficient (Wildman–Crippen LogP) is 0.449. The molecule has 0 amide bonds. The summed E-state index contributed by atoms with van der Waals surface area (Å²) in [6.07, 6.45) is -0.0745. The molecule has 0 heterocycles. The molecule has 2 N–H and O–H groups in total. The van der Waals surface area contributed by atoms with E-state index in [-0.39, 0.29) is 12.2 Å². The van der Waals surface area contributed by atoms with E-state index in [4.69, 9.17) is 10.5 Å². The first-order chi connectivity index (χ1) is 5.72. The Kier molecular flexibility index (Phi) is 4.07. The Morgan fingerprint density at radius 1 is 1.46 bits per heavy atom. The summed E-state index contributed by atoms with van der Waals surface area (Å²) >= 11 is 0. The van der Waals surface area contributed by atoms with Crippen molar-refractivity contribution in [1.29, 1.82) is 0 Å². The van der Waals surface area contributed by atoms with Crippen LogP contribution in [0.25, 0.3) is 0 Å². The number of Topliss-reactive ketones (excluding diaryl/α,β-unsaturated/α-hetero) is 1. The van der Waals surface area contributed by atoms with Crippen LogP contribution in [0.15, 0.2) is 0 Å². The summed E-state index contributed by atoms with van der Waals surface area (Å²) < 4.78 is 4.96. The van der Waals surface area contributed by atoms with Crippen molar-refractivity contribution in [2.24, 2.45) is 5.73 Å². The van der Waals surface area contributed by atoms with Gasteiger partial charge in [-0.1, -0.05) is 0 Å². The Morgan fingerprint density at radius 2 is 1.92 bits per heavy atom. The highest BCUT2D eigenvalue weighted by Crippen LogP contribution is 2.08. The molecule has 1 atom stereocenters. The first kappa shape index (κ1) is 12.1. The van der Waals surface area contributed by atoms with Gasteiger partial charge in [-0.3, -0.25) is 9.59 Å². The maximum atomic E-state index is 11.2. The van der Waals surface area contributed by atoms with Crippen molar-refractivity contribution in [2.45, 2.75) is 38.8 Å². The van der Waals surface area contributed by atoms with Crippen LogP contribution in [-0.4, -0.2) is 23.4 Å². The van der Waals surface area contributed by atoms with Gasteiger partial charge in [0.25, 0.3) is 0 Å². The van der Waals surface area contributed by atoms with E-state index in [1.807, 2.05) is 0 Å². The minimum atomic E-state index is -0.899. The molecule has 0 fully saturated rings. The lowest BCUT2D eigenvalue weighted by Gasteiger charge is -2.21. The molecule has 4 nitrogen and oxygen atoms in total. The van der Waals surface area contributed by atoms with Crippen molar-refractivity contribution >= 4 is 11.8 Å². The van der Waals surface area contributed by atoms with Gasteiger partial charge >= 0.3 is 5.97 Å². The van der Waals surface area contributed by atoms with Crippen LogP contribution >= 0.6 is 0 Å². The number of carbonyl (C=O) groups is 2. The molecule has 0 aromatic heterocycles. The molecular formula is C9H16NO3. The van der Waals surface area contributed by atoms with Crippen molar-refractivity contribution in [3.05, 3.63) is 6.92 Å². The van der Waals surface area contributed by atoms with Gasteiger partial charge in [0, 0.05) is 13.3 Å². The Balaban J connectivity index is 4.05. The van der Waals surface area contributed by atoms with Crippen LogP contribution in [-0.2, 0) is 14.3 Å². The Labute approximate surface area is 78.4 Å². The first-order valence-electron chi connectivity index (χ1n) is 4.05. The lowest BCUT2D eigenvalue weighted by molar-refractivity contribution is -0.157. The quantitative estimate of drug-likeness (QED) is 0.650. The van der Waals surface area contributed by atoms with Crippen LogP contribution in [0.2, 0.25) is 0 Å². The van der Waals surface area contributed by atoms with Crippen molar-refractivity contribution < 1.29 is 14.3 Å². The van der Waals surface area contributed by atoms with Gasteiger partial charge in [-0.2, -0.15) is 0 Å². The lowest BCUT2D eigenvalue weighted by atomic mass is 10.1. The zero-order valence-electron chi connectivity index (χ0n) is 8.29. The SMILES string of the molecule is [CH2]C(=O)CC(N)C(=O)OC(C)(C)C. The standard InChI is InChI=1S/C9H16NO3/c1-6(11)5-7(10)8(12)13-9(2,3)4/h7H,1,5,10H2,2-4H3. The third kappa shape index (κ3) is 6.28. The normalized spacial score (nSPS) is 13.6. The van der Waals surface area contributed by atoms with E-state index >= 15 is 0 Å². The van der Waals surface area contributed by atoms with Crippen LogP contribution in [0.3, 0.4) is 0 Å². The van der Waals surface area contributed by atoms with Gasteiger partial charge in [0.05, 0.1) is 0 Å². The fourth-order valence-electron chi connectivity index (χ4n) is 0.706. The van der Waals surface area contributed by atoms with Crippen LogP contribution in [0.4, 0.5) is 0 Å². The number of hydrogen-bond donors (Lipinski definition) is 1. The van der Waals surface area contributed by atoms with Gasteiger partial charge in [-0.25, -0.2) is 0 Å². The summed E-state index contributed by atoms with van der Waals surface area (Å²) in [5, 5.41) is 0. The average Bonchev–Trinajstić information content (AvgIpc) is 1.81. The zero-order valence-corrected chi connectivity index (χ0v) is 8.29. The molecule has 0 saturated carbocycles. The molecule has 0 rings (SSSR count). The van der Waals surface area contributed by atoms with Gasteiger partial charge in [0.15, 0.2) is 0 Å². The smallest absolute Gasteiger partial charge is 0.323 e. The summed E-state index contributed by atoms with van der Waals surface area (Å²) in [7, 11) is 0. The molecular weight excluding hydrogens is 170 g/mol. The summed E-state index contributed by atoms with van der Waals surface area (Å²) in [4.78, 5) is 21.7. The summed E-state index contributed by atoms with van der Waals surface area (Å²) in [6.45, 7) is 8.35. The summed E-state index contributed by atoms with van der Waals surface area (Å²) in [6, 6.07) is -0.899. The Morgan fingerprint density at radius 3 is 2.23 bits per heavy atom. The minimum absolute atomic E-state index is 0.0745. The Hall–Kier alpha value is -0.900. The second-order valence-electron chi connectivity index (χ2n) is 3.88. The molecule has 0 aliphatic carbocycles. The highest BCUT2D eigenvalue weighted by molar-refractivity contribution is 5.88. The number of carbonyl (C=O) groups excluding carboxylic acids is 2. The van der Waals surface area contributed by atoms with Crippen LogP contribution in [0, 0.1) is 6.92 Å². The molecule has 0 aliphatic rings. The van der Waals surface area contributed by atoms with Crippen molar-refractivity contribution in [3.63, 3.8) is 0 Å². The van der Waals surface area contributed by atoms with E-state index in [1.54, 1.807) is 20.8 Å². The van der Waals surface area contributed by atoms with E-state index in [9.17, 15) is 9.59 Å². The van der Waals surface area contributed by atoms with Crippen LogP contribution in [0.5, 0.6) is 0 Å². The molecule has 1 radical (unpaired) electrons. The number of esters is 1. The van der Waals surface area contributed by atoms with E-state index in [2.05, 4.69) is 6.92 Å². The van der Waals surface area contributed by atoms with Crippen LogP contribution in [0.1, 0.15) is 27.2 Å². The summed E-state index contributed by atoms with van der Waals surface area (Å²) in [5.41, 5.74) is 4.82. The molecule has 0 aromatic rings. The number of rotatable bonds is 3. The topological polar surface area (TPSA) is 69.4 Å². The van der Waals surface area contributed by atoms with Crippen molar-refractivity contribution in [3.8, 4) is 0 Å². The molecule has 0 spiro atoms. The molecule has 0 bridgehead atoms. The molecule has 0 aliphatic heterocycles.